The van der Waals surface area contributed by atoms with E-state index in [0.717, 1.165) is 19.3 Å². The van der Waals surface area contributed by atoms with Crippen molar-refractivity contribution in [3.8, 4) is 0 Å². The minimum absolute atomic E-state index is 0.0204. The predicted octanol–water partition coefficient (Wildman–Crippen LogP) is 0.994. The molecule has 0 bridgehead atoms. The lowest BCUT2D eigenvalue weighted by molar-refractivity contribution is 0.0813. The molecule has 2 rings (SSSR count). The summed E-state index contributed by atoms with van der Waals surface area (Å²) >= 11 is 0. The Morgan fingerprint density at radius 3 is 2.89 bits per heavy atom. The Labute approximate surface area is 106 Å². The van der Waals surface area contributed by atoms with E-state index in [-0.39, 0.29) is 18.3 Å². The van der Waals surface area contributed by atoms with Gasteiger partial charge in [-0.25, -0.2) is 0 Å². The summed E-state index contributed by atoms with van der Waals surface area (Å²) < 4.78 is 0. The smallest absolute Gasteiger partial charge is 0.254 e. The number of fused-ring (bicyclic) bond motifs is 1. The van der Waals surface area contributed by atoms with E-state index in [1.807, 2.05) is 18.2 Å². The Balaban J connectivity index is 2.14. The van der Waals surface area contributed by atoms with Crippen LogP contribution in [0.2, 0.25) is 0 Å². The lowest BCUT2D eigenvalue weighted by Gasteiger charge is -2.16. The number of likely N-dealkylation sites (N-methyl/N-ethyl adjacent to an activating group) is 1. The fourth-order valence-corrected chi connectivity index (χ4v) is 2.27. The SMILES string of the molecule is CN(CC(N)=NO)C(=O)c1ccc2c(c1)CCC2. The number of carbonyl (C=O) groups is 1. The van der Waals surface area contributed by atoms with Crippen LogP contribution < -0.4 is 5.73 Å². The molecule has 0 spiro atoms. The van der Waals surface area contributed by atoms with E-state index >= 15 is 0 Å². The largest absolute Gasteiger partial charge is 0.409 e. The molecule has 5 heteroatoms. The lowest BCUT2D eigenvalue weighted by atomic mass is 10.1. The van der Waals surface area contributed by atoms with Crippen LogP contribution >= 0.6 is 0 Å². The van der Waals surface area contributed by atoms with Crippen molar-refractivity contribution in [1.82, 2.24) is 4.90 Å². The quantitative estimate of drug-likeness (QED) is 0.362. The molecule has 18 heavy (non-hydrogen) atoms. The molecule has 3 N–H and O–H groups in total. The first-order valence-electron chi connectivity index (χ1n) is 5.95. The molecule has 1 aromatic carbocycles. The Morgan fingerprint density at radius 2 is 2.17 bits per heavy atom. The molecule has 0 aliphatic heterocycles. The molecule has 96 valence electrons. The number of amidine groups is 1. The van der Waals surface area contributed by atoms with Gasteiger partial charge in [-0.15, -0.1) is 0 Å². The number of aryl methyl sites for hydroxylation is 2. The van der Waals surface area contributed by atoms with Gasteiger partial charge in [-0.1, -0.05) is 11.2 Å². The average molecular weight is 247 g/mol. The zero-order valence-corrected chi connectivity index (χ0v) is 10.4. The van der Waals surface area contributed by atoms with Crippen LogP contribution in [0.4, 0.5) is 0 Å². The van der Waals surface area contributed by atoms with Gasteiger partial charge in [0.15, 0.2) is 5.84 Å². The monoisotopic (exact) mass is 247 g/mol. The van der Waals surface area contributed by atoms with E-state index in [1.54, 1.807) is 7.05 Å². The van der Waals surface area contributed by atoms with Crippen molar-refractivity contribution in [2.24, 2.45) is 10.9 Å². The van der Waals surface area contributed by atoms with Crippen molar-refractivity contribution in [2.45, 2.75) is 19.3 Å². The van der Waals surface area contributed by atoms with Gasteiger partial charge in [-0.2, -0.15) is 0 Å². The van der Waals surface area contributed by atoms with Crippen LogP contribution in [0, 0.1) is 0 Å². The highest BCUT2D eigenvalue weighted by Crippen LogP contribution is 2.23. The van der Waals surface area contributed by atoms with Gasteiger partial charge in [0.2, 0.25) is 0 Å². The number of nitrogens with zero attached hydrogens (tertiary/aromatic N) is 2. The van der Waals surface area contributed by atoms with Gasteiger partial charge in [-0.3, -0.25) is 4.79 Å². The lowest BCUT2D eigenvalue weighted by Crippen LogP contribution is -2.35. The number of hydrogen-bond acceptors (Lipinski definition) is 3. The van der Waals surface area contributed by atoms with Gasteiger partial charge in [0.1, 0.15) is 0 Å². The fraction of sp³-hybridized carbons (Fsp3) is 0.385. The first-order chi connectivity index (χ1) is 8.61. The van der Waals surface area contributed by atoms with E-state index in [4.69, 9.17) is 10.9 Å². The molecule has 1 aliphatic rings. The first kappa shape index (κ1) is 12.4. The van der Waals surface area contributed by atoms with Crippen molar-refractivity contribution in [2.75, 3.05) is 13.6 Å². The Hall–Kier alpha value is -2.04. The number of hydrogen-bond donors (Lipinski definition) is 2. The molecule has 0 aromatic heterocycles. The summed E-state index contributed by atoms with van der Waals surface area (Å²) in [5, 5.41) is 11.4. The summed E-state index contributed by atoms with van der Waals surface area (Å²) in [6.45, 7) is 0.117. The number of amides is 1. The van der Waals surface area contributed by atoms with Crippen molar-refractivity contribution in [1.29, 1.82) is 0 Å². The van der Waals surface area contributed by atoms with Gasteiger partial charge >= 0.3 is 0 Å². The first-order valence-corrected chi connectivity index (χ1v) is 5.95. The molecule has 1 aromatic rings. The zero-order chi connectivity index (χ0) is 13.1. The molecular formula is C13H17N3O2. The summed E-state index contributed by atoms with van der Waals surface area (Å²) in [4.78, 5) is 13.6. The molecule has 0 unspecified atom stereocenters. The highest BCUT2D eigenvalue weighted by molar-refractivity contribution is 5.97. The topological polar surface area (TPSA) is 78.9 Å². The summed E-state index contributed by atoms with van der Waals surface area (Å²) in [7, 11) is 1.63. The number of benzene rings is 1. The van der Waals surface area contributed by atoms with E-state index in [0.29, 0.717) is 5.56 Å². The second kappa shape index (κ2) is 5.08. The summed E-state index contributed by atoms with van der Waals surface area (Å²) in [5.41, 5.74) is 8.64. The fourth-order valence-electron chi connectivity index (χ4n) is 2.27. The van der Waals surface area contributed by atoms with Crippen LogP contribution in [-0.2, 0) is 12.8 Å². The van der Waals surface area contributed by atoms with Crippen molar-refractivity contribution >= 4 is 11.7 Å². The number of oxime groups is 1. The van der Waals surface area contributed by atoms with E-state index in [9.17, 15) is 4.79 Å². The van der Waals surface area contributed by atoms with Crippen LogP contribution in [0.15, 0.2) is 23.4 Å². The standard InChI is InChI=1S/C13H17N3O2/c1-16(8-12(14)15-18)13(17)11-6-5-9-3-2-4-10(9)7-11/h5-7,18H,2-4,8H2,1H3,(H2,14,15). The van der Waals surface area contributed by atoms with Crippen LogP contribution in [0.3, 0.4) is 0 Å². The molecule has 5 nitrogen and oxygen atoms in total. The van der Waals surface area contributed by atoms with Gasteiger partial charge in [0.05, 0.1) is 6.54 Å². The summed E-state index contributed by atoms with van der Waals surface area (Å²) in [6.07, 6.45) is 3.30. The Morgan fingerprint density at radius 1 is 1.44 bits per heavy atom. The van der Waals surface area contributed by atoms with Crippen LogP contribution in [0.25, 0.3) is 0 Å². The van der Waals surface area contributed by atoms with Crippen LogP contribution in [0.1, 0.15) is 27.9 Å². The van der Waals surface area contributed by atoms with Gasteiger partial charge < -0.3 is 15.8 Å². The molecule has 1 aliphatic carbocycles. The Kier molecular flexibility index (Phi) is 3.50. The summed E-state index contributed by atoms with van der Waals surface area (Å²) in [5.74, 6) is -0.0942. The van der Waals surface area contributed by atoms with Crippen LogP contribution in [-0.4, -0.2) is 35.4 Å². The molecule has 0 saturated carbocycles. The Bertz CT molecular complexity index is 497. The molecule has 0 radical (unpaired) electrons. The summed E-state index contributed by atoms with van der Waals surface area (Å²) in [6, 6.07) is 5.82. The van der Waals surface area contributed by atoms with Crippen molar-refractivity contribution in [3.05, 3.63) is 34.9 Å². The van der Waals surface area contributed by atoms with E-state index < -0.39 is 0 Å². The predicted molar refractivity (Wildman–Crippen MR) is 68.8 cm³/mol. The minimum atomic E-state index is -0.115. The molecular weight excluding hydrogens is 230 g/mol. The van der Waals surface area contributed by atoms with Gasteiger partial charge in [0.25, 0.3) is 5.91 Å². The number of rotatable bonds is 3. The van der Waals surface area contributed by atoms with Crippen molar-refractivity contribution in [3.63, 3.8) is 0 Å². The second-order valence-corrected chi connectivity index (χ2v) is 4.59. The molecule has 1 amide bonds. The second-order valence-electron chi connectivity index (χ2n) is 4.59. The third kappa shape index (κ3) is 2.45. The van der Waals surface area contributed by atoms with E-state index in [1.165, 1.54) is 16.0 Å². The molecule has 0 fully saturated rings. The highest BCUT2D eigenvalue weighted by Gasteiger charge is 2.17. The van der Waals surface area contributed by atoms with E-state index in [2.05, 4.69) is 5.16 Å². The average Bonchev–Trinajstić information content (AvgIpc) is 2.84. The maximum absolute atomic E-state index is 12.1. The normalized spacial score (nSPS) is 14.4. The zero-order valence-electron chi connectivity index (χ0n) is 10.4. The minimum Gasteiger partial charge on any atom is -0.409 e. The third-order valence-electron chi connectivity index (χ3n) is 3.22. The molecule has 0 atom stereocenters. The van der Waals surface area contributed by atoms with Crippen molar-refractivity contribution < 1.29 is 10.0 Å². The van der Waals surface area contributed by atoms with Gasteiger partial charge in [-0.05, 0) is 42.5 Å². The number of nitrogens with two attached hydrogens (primary N) is 1. The molecule has 0 heterocycles. The van der Waals surface area contributed by atoms with Crippen LogP contribution in [0.5, 0.6) is 0 Å². The molecule has 0 saturated heterocycles. The number of carbonyl (C=O) groups excluding carboxylic acids is 1. The third-order valence-corrected chi connectivity index (χ3v) is 3.22. The maximum Gasteiger partial charge on any atom is 0.254 e. The van der Waals surface area contributed by atoms with Gasteiger partial charge in [0, 0.05) is 12.6 Å². The maximum atomic E-state index is 12.1. The highest BCUT2D eigenvalue weighted by atomic mass is 16.4.